The molecule has 2 aromatic rings. The van der Waals surface area contributed by atoms with Crippen LogP contribution in [0.1, 0.15) is 25.3 Å². The molecule has 6 nitrogen and oxygen atoms in total. The molecule has 12 heteroatoms. The van der Waals surface area contributed by atoms with E-state index in [1.807, 2.05) is 12.1 Å². The Morgan fingerprint density at radius 2 is 1.84 bits per heavy atom. The summed E-state index contributed by atoms with van der Waals surface area (Å²) < 4.78 is 48.3. The van der Waals surface area contributed by atoms with Crippen LogP contribution in [-0.2, 0) is 4.74 Å². The van der Waals surface area contributed by atoms with Gasteiger partial charge in [-0.05, 0) is 78.8 Å². The fraction of sp³-hybridized carbons (Fsp3) is 0.440. The molecule has 1 unspecified atom stereocenters. The maximum absolute atomic E-state index is 13.7. The highest BCUT2D eigenvalue weighted by molar-refractivity contribution is 8.01. The molecule has 2 amide bonds. The zero-order valence-electron chi connectivity index (χ0n) is 20.8. The van der Waals surface area contributed by atoms with Crippen LogP contribution < -0.4 is 9.04 Å². The largest absolute Gasteiger partial charge is 0.573 e. The van der Waals surface area contributed by atoms with E-state index in [1.165, 1.54) is 45.5 Å². The zero-order valence-corrected chi connectivity index (χ0v) is 23.1. The number of benzene rings is 2. The Kier molecular flexibility index (Phi) is 10.5. The van der Waals surface area contributed by atoms with Crippen LogP contribution in [0.4, 0.5) is 23.7 Å². The second-order valence-electron chi connectivity index (χ2n) is 8.61. The SMILES string of the molecule is COCCSN(C(=O)N1CC(C)(CCCSC)C(c2ccc(Cl)cc2)=N1)c1ccc(OC(F)(F)F)cc1. The van der Waals surface area contributed by atoms with E-state index in [2.05, 4.69) is 17.9 Å². The topological polar surface area (TPSA) is 54.4 Å². The predicted octanol–water partition coefficient (Wildman–Crippen LogP) is 7.33. The molecule has 0 radical (unpaired) electrons. The summed E-state index contributed by atoms with van der Waals surface area (Å²) in [5.41, 5.74) is 1.71. The molecule has 0 spiro atoms. The lowest BCUT2D eigenvalue weighted by molar-refractivity contribution is -0.274. The van der Waals surface area contributed by atoms with Gasteiger partial charge in [-0.2, -0.15) is 16.9 Å². The van der Waals surface area contributed by atoms with Crippen molar-refractivity contribution in [2.45, 2.75) is 26.1 Å². The van der Waals surface area contributed by atoms with E-state index >= 15 is 0 Å². The lowest BCUT2D eigenvalue weighted by Gasteiger charge is -2.28. The van der Waals surface area contributed by atoms with Gasteiger partial charge in [0.1, 0.15) is 5.75 Å². The number of nitrogens with zero attached hydrogens (tertiary/aromatic N) is 3. The van der Waals surface area contributed by atoms with Gasteiger partial charge in [0.25, 0.3) is 0 Å². The van der Waals surface area contributed by atoms with Crippen LogP contribution in [0, 0.1) is 5.41 Å². The van der Waals surface area contributed by atoms with Gasteiger partial charge in [0.15, 0.2) is 0 Å². The fourth-order valence-electron chi connectivity index (χ4n) is 3.95. The van der Waals surface area contributed by atoms with Gasteiger partial charge < -0.3 is 9.47 Å². The van der Waals surface area contributed by atoms with Crippen molar-refractivity contribution in [1.29, 1.82) is 0 Å². The molecule has 3 rings (SSSR count). The molecule has 2 aromatic carbocycles. The molecule has 1 atom stereocenters. The molecule has 202 valence electrons. The molecule has 37 heavy (non-hydrogen) atoms. The van der Waals surface area contributed by atoms with Crippen molar-refractivity contribution in [3.63, 3.8) is 0 Å². The van der Waals surface area contributed by atoms with Crippen molar-refractivity contribution < 1.29 is 27.4 Å². The highest BCUT2D eigenvalue weighted by Crippen LogP contribution is 2.38. The minimum atomic E-state index is -4.80. The summed E-state index contributed by atoms with van der Waals surface area (Å²) >= 11 is 9.05. The van der Waals surface area contributed by atoms with Crippen LogP contribution in [0.5, 0.6) is 5.75 Å². The number of ether oxygens (including phenoxy) is 2. The van der Waals surface area contributed by atoms with Crippen LogP contribution in [0.3, 0.4) is 0 Å². The molecule has 0 saturated carbocycles. The number of anilines is 1. The van der Waals surface area contributed by atoms with E-state index < -0.39 is 12.4 Å². The van der Waals surface area contributed by atoms with Crippen LogP contribution in [0.15, 0.2) is 53.6 Å². The number of carbonyl (C=O) groups excluding carboxylic acids is 1. The maximum Gasteiger partial charge on any atom is 0.573 e. The van der Waals surface area contributed by atoms with Crippen LogP contribution >= 0.6 is 35.3 Å². The van der Waals surface area contributed by atoms with E-state index in [4.69, 9.17) is 21.4 Å². The van der Waals surface area contributed by atoms with Gasteiger partial charge in [0, 0.05) is 23.3 Å². The summed E-state index contributed by atoms with van der Waals surface area (Å²) in [6, 6.07) is 12.2. The van der Waals surface area contributed by atoms with E-state index in [1.54, 1.807) is 31.0 Å². The Hall–Kier alpha value is -2.08. The molecule has 1 aliphatic rings. The minimum absolute atomic E-state index is 0.365. The van der Waals surface area contributed by atoms with Gasteiger partial charge in [-0.15, -0.1) is 13.2 Å². The lowest BCUT2D eigenvalue weighted by atomic mass is 9.78. The standard InChI is InChI=1S/C25H29ClF3N3O3S2/c1-24(13-4-15-36-3)17-31(30-22(24)18-5-7-19(26)8-6-18)23(33)32(37-16-14-34-2)20-9-11-21(12-10-20)35-25(27,28)29/h5-12H,4,13-17H2,1-3H3. The number of thioether (sulfide) groups is 1. The number of halogens is 4. The maximum atomic E-state index is 13.7. The first-order valence-corrected chi connectivity index (χ1v) is 14.2. The Balaban J connectivity index is 1.90. The predicted molar refractivity (Wildman–Crippen MR) is 146 cm³/mol. The molecule has 0 aliphatic carbocycles. The average Bonchev–Trinajstić information content (AvgIpc) is 3.19. The third-order valence-electron chi connectivity index (χ3n) is 5.69. The number of hydrazone groups is 1. The van der Waals surface area contributed by atoms with E-state index in [-0.39, 0.29) is 11.2 Å². The first kappa shape index (κ1) is 29.5. The third kappa shape index (κ3) is 8.20. The van der Waals surface area contributed by atoms with E-state index in [0.29, 0.717) is 29.6 Å². The van der Waals surface area contributed by atoms with E-state index in [0.717, 1.165) is 29.9 Å². The summed E-state index contributed by atoms with van der Waals surface area (Å²) in [4.78, 5) is 13.7. The third-order valence-corrected chi connectivity index (χ3v) is 7.62. The zero-order chi connectivity index (χ0) is 27.1. The number of alkyl halides is 3. The molecule has 0 saturated heterocycles. The van der Waals surface area contributed by atoms with Crippen molar-refractivity contribution in [3.05, 3.63) is 59.1 Å². The van der Waals surface area contributed by atoms with Crippen molar-refractivity contribution in [2.24, 2.45) is 10.5 Å². The Labute approximate surface area is 228 Å². The normalized spacial score (nSPS) is 17.6. The quantitative estimate of drug-likeness (QED) is 0.207. The molecule has 0 fully saturated rings. The molecule has 0 N–H and O–H groups in total. The number of urea groups is 1. The van der Waals surface area contributed by atoms with Gasteiger partial charge in [-0.25, -0.2) is 14.1 Å². The summed E-state index contributed by atoms with van der Waals surface area (Å²) in [6.07, 6.45) is -0.951. The summed E-state index contributed by atoms with van der Waals surface area (Å²) in [6.45, 7) is 2.85. The summed E-state index contributed by atoms with van der Waals surface area (Å²) in [5.74, 6) is 1.08. The number of carbonyl (C=O) groups is 1. The number of rotatable bonds is 11. The van der Waals surface area contributed by atoms with Gasteiger partial charge in [0.2, 0.25) is 0 Å². The van der Waals surface area contributed by atoms with Gasteiger partial charge in [-0.1, -0.05) is 30.7 Å². The average molecular weight is 576 g/mol. The summed E-state index contributed by atoms with van der Waals surface area (Å²) in [5, 5.41) is 6.79. The molecular formula is C25H29ClF3N3O3S2. The Bertz CT molecular complexity index is 1070. The first-order valence-electron chi connectivity index (χ1n) is 11.5. The first-order chi connectivity index (χ1) is 17.6. The Morgan fingerprint density at radius 3 is 2.43 bits per heavy atom. The van der Waals surface area contributed by atoms with Crippen molar-refractivity contribution in [3.8, 4) is 5.75 Å². The second kappa shape index (κ2) is 13.1. The van der Waals surface area contributed by atoms with Crippen molar-refractivity contribution >= 4 is 52.7 Å². The smallest absolute Gasteiger partial charge is 0.406 e. The number of hydrogen-bond acceptors (Lipinski definition) is 6. The Morgan fingerprint density at radius 1 is 1.16 bits per heavy atom. The van der Waals surface area contributed by atoms with Crippen LogP contribution in [-0.4, -0.2) is 61.1 Å². The van der Waals surface area contributed by atoms with Crippen LogP contribution in [0.2, 0.25) is 5.02 Å². The molecular weight excluding hydrogens is 547 g/mol. The fourth-order valence-corrected chi connectivity index (χ4v) is 5.41. The molecule has 1 heterocycles. The minimum Gasteiger partial charge on any atom is -0.406 e. The summed E-state index contributed by atoms with van der Waals surface area (Å²) in [7, 11) is 1.55. The molecule has 1 aliphatic heterocycles. The number of hydrogen-bond donors (Lipinski definition) is 0. The highest BCUT2D eigenvalue weighted by atomic mass is 35.5. The lowest BCUT2D eigenvalue weighted by Crippen LogP contribution is -2.39. The van der Waals surface area contributed by atoms with Crippen LogP contribution in [0.25, 0.3) is 0 Å². The monoisotopic (exact) mass is 575 g/mol. The molecule has 0 bridgehead atoms. The van der Waals surface area contributed by atoms with Gasteiger partial charge in [-0.3, -0.25) is 0 Å². The number of methoxy groups -OCH3 is 1. The number of amides is 2. The van der Waals surface area contributed by atoms with Gasteiger partial charge >= 0.3 is 12.4 Å². The van der Waals surface area contributed by atoms with Crippen molar-refractivity contribution in [2.75, 3.05) is 42.3 Å². The highest BCUT2D eigenvalue weighted by Gasteiger charge is 2.42. The van der Waals surface area contributed by atoms with Gasteiger partial charge in [0.05, 0.1) is 24.6 Å². The van der Waals surface area contributed by atoms with E-state index in [9.17, 15) is 18.0 Å². The van der Waals surface area contributed by atoms with Crippen molar-refractivity contribution in [1.82, 2.24) is 5.01 Å². The second-order valence-corrected chi connectivity index (χ2v) is 11.1. The molecule has 0 aromatic heterocycles.